The second-order valence-electron chi connectivity index (χ2n) is 6.54. The Morgan fingerprint density at radius 3 is 2.55 bits per heavy atom. The maximum atomic E-state index is 12.8. The van der Waals surface area contributed by atoms with Crippen LogP contribution in [-0.4, -0.2) is 40.5 Å². The number of hydrogen-bond donors (Lipinski definition) is 1. The largest absolute Gasteiger partial charge is 0.340 e. The molecule has 0 spiro atoms. The van der Waals surface area contributed by atoms with Gasteiger partial charge in [0.2, 0.25) is 0 Å². The average molecular weight is 299 g/mol. The van der Waals surface area contributed by atoms with Gasteiger partial charge < -0.3 is 14.8 Å². The fourth-order valence-electron chi connectivity index (χ4n) is 3.38. The number of amides is 1. The molecule has 0 aliphatic carbocycles. The Morgan fingerprint density at radius 1 is 1.23 bits per heavy atom. The summed E-state index contributed by atoms with van der Waals surface area (Å²) in [7, 11) is 1.97. The molecular weight excluding hydrogens is 274 g/mol. The first-order chi connectivity index (χ1) is 10.6. The lowest BCUT2D eigenvalue weighted by Gasteiger charge is -2.33. The average Bonchev–Trinajstić information content (AvgIpc) is 2.84. The maximum Gasteiger partial charge on any atom is 0.270 e. The Kier molecular flexibility index (Phi) is 4.21. The number of hydrogen-bond acceptors (Lipinski definition) is 2. The summed E-state index contributed by atoms with van der Waals surface area (Å²) in [6, 6.07) is 11.2. The monoisotopic (exact) mass is 299 g/mol. The Bertz CT molecular complexity index is 666. The summed E-state index contributed by atoms with van der Waals surface area (Å²) in [5.74, 6) is 0.154. The van der Waals surface area contributed by atoms with Crippen molar-refractivity contribution in [2.24, 2.45) is 7.05 Å². The van der Waals surface area contributed by atoms with Crippen LogP contribution in [0.25, 0.3) is 10.9 Å². The number of carbonyl (C=O) groups is 1. The molecule has 3 rings (SSSR count). The summed E-state index contributed by atoms with van der Waals surface area (Å²) in [5, 5.41) is 4.70. The highest BCUT2D eigenvalue weighted by molar-refractivity contribution is 5.98. The molecule has 4 heteroatoms. The van der Waals surface area contributed by atoms with Gasteiger partial charge >= 0.3 is 0 Å². The van der Waals surface area contributed by atoms with Crippen molar-refractivity contribution in [2.75, 3.05) is 13.1 Å². The van der Waals surface area contributed by atoms with Crippen molar-refractivity contribution in [1.82, 2.24) is 14.8 Å². The molecule has 1 aliphatic heterocycles. The fraction of sp³-hybridized carbons (Fsp3) is 0.500. The number of likely N-dealkylation sites (tertiary alicyclic amines) is 1. The number of fused-ring (bicyclic) bond motifs is 1. The number of nitrogens with one attached hydrogen (secondary N) is 1. The number of carbonyl (C=O) groups excluding carboxylic acids is 1. The molecule has 2 heterocycles. The summed E-state index contributed by atoms with van der Waals surface area (Å²) in [4.78, 5) is 14.8. The predicted molar refractivity (Wildman–Crippen MR) is 90.1 cm³/mol. The first kappa shape index (κ1) is 15.1. The number of aromatic nitrogens is 1. The minimum absolute atomic E-state index is 0.154. The third-order valence-corrected chi connectivity index (χ3v) is 4.52. The summed E-state index contributed by atoms with van der Waals surface area (Å²) < 4.78 is 2.01. The molecule has 1 saturated heterocycles. The van der Waals surface area contributed by atoms with E-state index in [0.717, 1.165) is 42.5 Å². The van der Waals surface area contributed by atoms with Crippen LogP contribution in [0, 0.1) is 0 Å². The molecule has 1 fully saturated rings. The second-order valence-corrected chi connectivity index (χ2v) is 6.54. The van der Waals surface area contributed by atoms with Crippen LogP contribution in [0.4, 0.5) is 0 Å². The summed E-state index contributed by atoms with van der Waals surface area (Å²) >= 11 is 0. The highest BCUT2D eigenvalue weighted by atomic mass is 16.2. The Labute approximate surface area is 132 Å². The van der Waals surface area contributed by atoms with E-state index >= 15 is 0 Å². The van der Waals surface area contributed by atoms with Gasteiger partial charge in [0.15, 0.2) is 0 Å². The molecule has 22 heavy (non-hydrogen) atoms. The van der Waals surface area contributed by atoms with Gasteiger partial charge in [-0.05, 0) is 25.0 Å². The molecule has 0 bridgehead atoms. The molecule has 118 valence electrons. The number of nitrogens with zero attached hydrogens (tertiary/aromatic N) is 2. The van der Waals surface area contributed by atoms with E-state index in [4.69, 9.17) is 0 Å². The van der Waals surface area contributed by atoms with Gasteiger partial charge in [-0.3, -0.25) is 4.79 Å². The second kappa shape index (κ2) is 6.13. The van der Waals surface area contributed by atoms with E-state index in [1.165, 1.54) is 0 Å². The topological polar surface area (TPSA) is 37.3 Å². The van der Waals surface area contributed by atoms with Crippen LogP contribution in [-0.2, 0) is 7.05 Å². The summed E-state index contributed by atoms with van der Waals surface area (Å²) in [5.41, 5.74) is 1.90. The lowest BCUT2D eigenvalue weighted by Crippen LogP contribution is -2.46. The first-order valence-electron chi connectivity index (χ1n) is 8.16. The van der Waals surface area contributed by atoms with Gasteiger partial charge in [-0.2, -0.15) is 0 Å². The number of piperidine rings is 1. The third kappa shape index (κ3) is 2.88. The van der Waals surface area contributed by atoms with E-state index in [-0.39, 0.29) is 5.91 Å². The van der Waals surface area contributed by atoms with Gasteiger partial charge in [0, 0.05) is 43.1 Å². The van der Waals surface area contributed by atoms with Crippen molar-refractivity contribution < 1.29 is 4.79 Å². The molecule has 0 saturated carbocycles. The smallest absolute Gasteiger partial charge is 0.270 e. The number of aryl methyl sites for hydroxylation is 1. The summed E-state index contributed by atoms with van der Waals surface area (Å²) in [6.45, 7) is 6.02. The zero-order valence-electron chi connectivity index (χ0n) is 13.7. The Hall–Kier alpha value is -1.81. The van der Waals surface area contributed by atoms with E-state index in [1.54, 1.807) is 0 Å². The SMILES string of the molecule is CC(C)NC1CCN(C(=O)c2cc3ccccc3n2C)CC1. The van der Waals surface area contributed by atoms with Crippen molar-refractivity contribution in [2.45, 2.75) is 38.8 Å². The highest BCUT2D eigenvalue weighted by Crippen LogP contribution is 2.21. The zero-order chi connectivity index (χ0) is 15.7. The van der Waals surface area contributed by atoms with Crippen LogP contribution in [0.3, 0.4) is 0 Å². The molecule has 1 aromatic heterocycles. The molecule has 4 nitrogen and oxygen atoms in total. The minimum atomic E-state index is 0.154. The van der Waals surface area contributed by atoms with Crippen molar-refractivity contribution in [3.63, 3.8) is 0 Å². The van der Waals surface area contributed by atoms with Crippen molar-refractivity contribution in [3.8, 4) is 0 Å². The van der Waals surface area contributed by atoms with Gasteiger partial charge in [-0.25, -0.2) is 0 Å². The molecule has 0 atom stereocenters. The van der Waals surface area contributed by atoms with E-state index < -0.39 is 0 Å². The quantitative estimate of drug-likeness (QED) is 0.946. The minimum Gasteiger partial charge on any atom is -0.340 e. The van der Waals surface area contributed by atoms with Crippen LogP contribution in [0.1, 0.15) is 37.2 Å². The number of benzene rings is 1. The first-order valence-corrected chi connectivity index (χ1v) is 8.16. The molecule has 1 aliphatic rings. The molecular formula is C18H25N3O. The van der Waals surface area contributed by atoms with E-state index in [0.29, 0.717) is 12.1 Å². The van der Waals surface area contributed by atoms with Crippen molar-refractivity contribution in [1.29, 1.82) is 0 Å². The molecule has 2 aromatic rings. The number of rotatable bonds is 3. The van der Waals surface area contributed by atoms with Crippen LogP contribution in [0.2, 0.25) is 0 Å². The molecule has 1 amide bonds. The fourth-order valence-corrected chi connectivity index (χ4v) is 3.38. The predicted octanol–water partition coefficient (Wildman–Crippen LogP) is 2.78. The van der Waals surface area contributed by atoms with Crippen LogP contribution < -0.4 is 5.32 Å². The van der Waals surface area contributed by atoms with Crippen molar-refractivity contribution >= 4 is 16.8 Å². The van der Waals surface area contributed by atoms with Crippen molar-refractivity contribution in [3.05, 3.63) is 36.0 Å². The molecule has 0 unspecified atom stereocenters. The molecule has 1 aromatic carbocycles. The standard InChI is InChI=1S/C18H25N3O/c1-13(2)19-15-8-10-21(11-9-15)18(22)17-12-14-6-4-5-7-16(14)20(17)3/h4-7,12-13,15,19H,8-11H2,1-3H3. The molecule has 0 radical (unpaired) electrons. The van der Waals surface area contributed by atoms with Gasteiger partial charge in [0.1, 0.15) is 5.69 Å². The van der Waals surface area contributed by atoms with Gasteiger partial charge in [0.25, 0.3) is 5.91 Å². The van der Waals surface area contributed by atoms with Gasteiger partial charge in [-0.1, -0.05) is 32.0 Å². The van der Waals surface area contributed by atoms with E-state index in [1.807, 2.05) is 34.7 Å². The van der Waals surface area contributed by atoms with Crippen LogP contribution in [0.5, 0.6) is 0 Å². The van der Waals surface area contributed by atoms with E-state index in [2.05, 4.69) is 31.3 Å². The Morgan fingerprint density at radius 2 is 1.91 bits per heavy atom. The lowest BCUT2D eigenvalue weighted by molar-refractivity contribution is 0.0694. The van der Waals surface area contributed by atoms with Crippen LogP contribution >= 0.6 is 0 Å². The Balaban J connectivity index is 1.73. The third-order valence-electron chi connectivity index (χ3n) is 4.52. The zero-order valence-corrected chi connectivity index (χ0v) is 13.7. The summed E-state index contributed by atoms with van der Waals surface area (Å²) in [6.07, 6.45) is 2.07. The number of para-hydroxylation sites is 1. The van der Waals surface area contributed by atoms with Gasteiger partial charge in [-0.15, -0.1) is 0 Å². The lowest BCUT2D eigenvalue weighted by atomic mass is 10.0. The normalized spacial score (nSPS) is 16.6. The highest BCUT2D eigenvalue weighted by Gasteiger charge is 2.25. The van der Waals surface area contributed by atoms with Gasteiger partial charge in [0.05, 0.1) is 0 Å². The van der Waals surface area contributed by atoms with E-state index in [9.17, 15) is 4.79 Å². The maximum absolute atomic E-state index is 12.8. The molecule has 1 N–H and O–H groups in total. The van der Waals surface area contributed by atoms with Crippen LogP contribution in [0.15, 0.2) is 30.3 Å².